The Morgan fingerprint density at radius 3 is 2.77 bits per heavy atom. The number of pyridine rings is 1. The molecular formula is C10H13NO2. The van der Waals surface area contributed by atoms with E-state index in [1.165, 1.54) is 7.11 Å². The van der Waals surface area contributed by atoms with Crippen LogP contribution in [0.3, 0.4) is 0 Å². The molecule has 0 amide bonds. The van der Waals surface area contributed by atoms with Gasteiger partial charge < -0.3 is 4.74 Å². The van der Waals surface area contributed by atoms with Gasteiger partial charge in [0.1, 0.15) is 0 Å². The van der Waals surface area contributed by atoms with Gasteiger partial charge in [0.15, 0.2) is 5.69 Å². The van der Waals surface area contributed by atoms with E-state index < -0.39 is 0 Å². The van der Waals surface area contributed by atoms with Crippen LogP contribution in [0.25, 0.3) is 0 Å². The Labute approximate surface area is 77.8 Å². The van der Waals surface area contributed by atoms with Gasteiger partial charge in [0.2, 0.25) is 0 Å². The molecule has 0 aliphatic rings. The second kappa shape index (κ2) is 4.03. The maximum Gasteiger partial charge on any atom is 0.356 e. The molecule has 0 aliphatic heterocycles. The van der Waals surface area contributed by atoms with E-state index in [-0.39, 0.29) is 5.97 Å². The molecule has 0 fully saturated rings. The summed E-state index contributed by atoms with van der Waals surface area (Å²) in [7, 11) is 1.36. The summed E-state index contributed by atoms with van der Waals surface area (Å²) < 4.78 is 4.62. The second-order valence-electron chi connectivity index (χ2n) is 2.81. The van der Waals surface area contributed by atoms with Crippen molar-refractivity contribution in [1.29, 1.82) is 0 Å². The third-order valence-electron chi connectivity index (χ3n) is 1.90. The topological polar surface area (TPSA) is 39.2 Å². The number of esters is 1. The number of aryl methyl sites for hydroxylation is 2. The number of aromatic nitrogens is 1. The molecule has 1 heterocycles. The lowest BCUT2D eigenvalue weighted by Crippen LogP contribution is -2.08. The zero-order valence-electron chi connectivity index (χ0n) is 8.13. The summed E-state index contributed by atoms with van der Waals surface area (Å²) in [5.41, 5.74) is 2.18. The number of rotatable bonds is 2. The Hall–Kier alpha value is -1.38. The third-order valence-corrected chi connectivity index (χ3v) is 1.90. The molecule has 0 saturated heterocycles. The van der Waals surface area contributed by atoms with Gasteiger partial charge in [0.05, 0.1) is 7.11 Å². The SMILES string of the molecule is CCc1ccc(C)c(C(=O)OC)n1. The maximum atomic E-state index is 11.2. The summed E-state index contributed by atoms with van der Waals surface area (Å²) in [5.74, 6) is -0.368. The lowest BCUT2D eigenvalue weighted by atomic mass is 10.2. The van der Waals surface area contributed by atoms with E-state index in [0.29, 0.717) is 5.69 Å². The van der Waals surface area contributed by atoms with Crippen molar-refractivity contribution in [1.82, 2.24) is 4.98 Å². The Balaban J connectivity index is 3.11. The molecule has 0 aliphatic carbocycles. The number of hydrogen-bond acceptors (Lipinski definition) is 3. The number of nitrogens with zero attached hydrogens (tertiary/aromatic N) is 1. The molecule has 1 rings (SSSR count). The van der Waals surface area contributed by atoms with Gasteiger partial charge in [-0.05, 0) is 25.0 Å². The van der Waals surface area contributed by atoms with Gasteiger partial charge in [-0.1, -0.05) is 13.0 Å². The highest BCUT2D eigenvalue weighted by molar-refractivity contribution is 5.88. The van der Waals surface area contributed by atoms with Gasteiger partial charge in [-0.2, -0.15) is 0 Å². The summed E-state index contributed by atoms with van der Waals surface area (Å²) in [5, 5.41) is 0. The van der Waals surface area contributed by atoms with Crippen LogP contribution >= 0.6 is 0 Å². The van der Waals surface area contributed by atoms with Crippen LogP contribution < -0.4 is 0 Å². The average molecular weight is 179 g/mol. The smallest absolute Gasteiger partial charge is 0.356 e. The van der Waals surface area contributed by atoms with E-state index in [1.54, 1.807) is 0 Å². The predicted octanol–water partition coefficient (Wildman–Crippen LogP) is 1.74. The summed E-state index contributed by atoms with van der Waals surface area (Å²) in [6.45, 7) is 3.84. The molecule has 70 valence electrons. The lowest BCUT2D eigenvalue weighted by Gasteiger charge is -2.04. The van der Waals surface area contributed by atoms with Crippen molar-refractivity contribution >= 4 is 5.97 Å². The fraction of sp³-hybridized carbons (Fsp3) is 0.400. The Morgan fingerprint density at radius 1 is 1.54 bits per heavy atom. The first-order chi connectivity index (χ1) is 6.19. The molecule has 0 N–H and O–H groups in total. The van der Waals surface area contributed by atoms with E-state index in [2.05, 4.69) is 9.72 Å². The van der Waals surface area contributed by atoms with Crippen LogP contribution in [-0.2, 0) is 11.2 Å². The minimum atomic E-state index is -0.368. The lowest BCUT2D eigenvalue weighted by molar-refractivity contribution is 0.0593. The van der Waals surface area contributed by atoms with Crippen molar-refractivity contribution in [2.45, 2.75) is 20.3 Å². The van der Waals surface area contributed by atoms with Crippen molar-refractivity contribution in [2.24, 2.45) is 0 Å². The van der Waals surface area contributed by atoms with Gasteiger partial charge in [-0.15, -0.1) is 0 Å². The fourth-order valence-electron chi connectivity index (χ4n) is 1.07. The standard InChI is InChI=1S/C10H13NO2/c1-4-8-6-5-7(2)9(11-8)10(12)13-3/h5-6H,4H2,1-3H3. The molecule has 0 radical (unpaired) electrons. The third kappa shape index (κ3) is 2.05. The number of hydrogen-bond donors (Lipinski definition) is 0. The molecule has 0 atom stereocenters. The van der Waals surface area contributed by atoms with Crippen LogP contribution in [0, 0.1) is 6.92 Å². The van der Waals surface area contributed by atoms with E-state index in [0.717, 1.165) is 17.7 Å². The number of carbonyl (C=O) groups is 1. The van der Waals surface area contributed by atoms with Crippen LogP contribution in [0.15, 0.2) is 12.1 Å². The number of ether oxygens (including phenoxy) is 1. The second-order valence-corrected chi connectivity index (χ2v) is 2.81. The first-order valence-corrected chi connectivity index (χ1v) is 4.24. The quantitative estimate of drug-likeness (QED) is 0.649. The van der Waals surface area contributed by atoms with Crippen molar-refractivity contribution in [2.75, 3.05) is 7.11 Å². The number of methoxy groups -OCH3 is 1. The van der Waals surface area contributed by atoms with Gasteiger partial charge in [-0.25, -0.2) is 9.78 Å². The monoisotopic (exact) mass is 179 g/mol. The Bertz CT molecular complexity index is 321. The first-order valence-electron chi connectivity index (χ1n) is 4.24. The summed E-state index contributed by atoms with van der Waals surface area (Å²) in [6, 6.07) is 3.81. The van der Waals surface area contributed by atoms with Crippen molar-refractivity contribution in [3.05, 3.63) is 29.1 Å². The van der Waals surface area contributed by atoms with Crippen molar-refractivity contribution in [3.8, 4) is 0 Å². The van der Waals surface area contributed by atoms with E-state index in [9.17, 15) is 4.79 Å². The fourth-order valence-corrected chi connectivity index (χ4v) is 1.07. The van der Waals surface area contributed by atoms with Crippen molar-refractivity contribution in [3.63, 3.8) is 0 Å². The highest BCUT2D eigenvalue weighted by Gasteiger charge is 2.10. The minimum absolute atomic E-state index is 0.368. The van der Waals surface area contributed by atoms with Gasteiger partial charge >= 0.3 is 5.97 Å². The molecule has 0 spiro atoms. The zero-order chi connectivity index (χ0) is 9.84. The number of carbonyl (C=O) groups excluding carboxylic acids is 1. The molecular weight excluding hydrogens is 166 g/mol. The average Bonchev–Trinajstić information content (AvgIpc) is 2.17. The highest BCUT2D eigenvalue weighted by atomic mass is 16.5. The highest BCUT2D eigenvalue weighted by Crippen LogP contribution is 2.08. The summed E-state index contributed by atoms with van der Waals surface area (Å²) >= 11 is 0. The molecule has 3 heteroatoms. The van der Waals surface area contributed by atoms with E-state index >= 15 is 0 Å². The van der Waals surface area contributed by atoms with Gasteiger partial charge in [0, 0.05) is 5.69 Å². The summed E-state index contributed by atoms with van der Waals surface area (Å²) in [4.78, 5) is 15.4. The minimum Gasteiger partial charge on any atom is -0.464 e. The molecule has 13 heavy (non-hydrogen) atoms. The molecule has 0 saturated carbocycles. The molecule has 3 nitrogen and oxygen atoms in total. The molecule has 0 unspecified atom stereocenters. The predicted molar refractivity (Wildman–Crippen MR) is 49.7 cm³/mol. The molecule has 1 aromatic rings. The van der Waals surface area contributed by atoms with Crippen LogP contribution in [0.1, 0.15) is 28.7 Å². The Kier molecular flexibility index (Phi) is 3.01. The van der Waals surface area contributed by atoms with Crippen LogP contribution in [0.2, 0.25) is 0 Å². The molecule has 0 bridgehead atoms. The maximum absolute atomic E-state index is 11.2. The van der Waals surface area contributed by atoms with Gasteiger partial charge in [0.25, 0.3) is 0 Å². The summed E-state index contributed by atoms with van der Waals surface area (Å²) in [6.07, 6.45) is 0.824. The van der Waals surface area contributed by atoms with Crippen LogP contribution in [0.5, 0.6) is 0 Å². The normalized spacial score (nSPS) is 9.77. The van der Waals surface area contributed by atoms with Crippen molar-refractivity contribution < 1.29 is 9.53 Å². The molecule has 1 aromatic heterocycles. The van der Waals surface area contributed by atoms with E-state index in [4.69, 9.17) is 0 Å². The van der Waals surface area contributed by atoms with Crippen LogP contribution in [0.4, 0.5) is 0 Å². The van der Waals surface area contributed by atoms with Crippen LogP contribution in [-0.4, -0.2) is 18.1 Å². The van der Waals surface area contributed by atoms with E-state index in [1.807, 2.05) is 26.0 Å². The van der Waals surface area contributed by atoms with Gasteiger partial charge in [-0.3, -0.25) is 0 Å². The Morgan fingerprint density at radius 2 is 2.23 bits per heavy atom. The first kappa shape index (κ1) is 9.71. The largest absolute Gasteiger partial charge is 0.464 e. The zero-order valence-corrected chi connectivity index (χ0v) is 8.13. The molecule has 0 aromatic carbocycles.